The van der Waals surface area contributed by atoms with Crippen LogP contribution in [0.5, 0.6) is 0 Å². The summed E-state index contributed by atoms with van der Waals surface area (Å²) < 4.78 is 32.4. The summed E-state index contributed by atoms with van der Waals surface area (Å²) in [5.41, 5.74) is 3.96. The first-order chi connectivity index (χ1) is 13.2. The van der Waals surface area contributed by atoms with Crippen LogP contribution in [0.3, 0.4) is 0 Å². The third-order valence-corrected chi connectivity index (χ3v) is 5.67. The molecule has 28 heavy (non-hydrogen) atoms. The van der Waals surface area contributed by atoms with Gasteiger partial charge in [0, 0.05) is 16.9 Å². The highest BCUT2D eigenvalue weighted by Gasteiger charge is 2.19. The summed E-state index contributed by atoms with van der Waals surface area (Å²) in [5.74, 6) is 0.114. The zero-order valence-corrected chi connectivity index (χ0v) is 17.2. The topological polar surface area (TPSA) is 96.3 Å². The van der Waals surface area contributed by atoms with Crippen molar-refractivity contribution in [1.29, 1.82) is 0 Å². The second-order valence-electron chi connectivity index (χ2n) is 6.30. The van der Waals surface area contributed by atoms with E-state index in [1.54, 1.807) is 26.0 Å². The van der Waals surface area contributed by atoms with Crippen LogP contribution < -0.4 is 15.4 Å². The Balaban J connectivity index is 1.66. The van der Waals surface area contributed by atoms with E-state index in [1.165, 1.54) is 12.1 Å². The fraction of sp³-hybridized carbons (Fsp3) is 0.158. The molecule has 3 aromatic rings. The van der Waals surface area contributed by atoms with Gasteiger partial charge in [0.15, 0.2) is 5.11 Å². The quantitative estimate of drug-likeness (QED) is 0.536. The second-order valence-corrected chi connectivity index (χ2v) is 8.39. The molecule has 0 radical (unpaired) electrons. The van der Waals surface area contributed by atoms with Crippen LogP contribution in [0.2, 0.25) is 0 Å². The summed E-state index contributed by atoms with van der Waals surface area (Å²) in [5, 5.41) is 10.3. The van der Waals surface area contributed by atoms with Gasteiger partial charge in [0.1, 0.15) is 0 Å². The largest absolute Gasteiger partial charge is 0.337 e. The molecule has 0 aliphatic rings. The highest BCUT2D eigenvalue weighted by atomic mass is 32.2. The lowest BCUT2D eigenvalue weighted by Crippen LogP contribution is -2.19. The molecular formula is C19H20N4O3S2. The average molecular weight is 417 g/mol. The van der Waals surface area contributed by atoms with Crippen molar-refractivity contribution in [1.82, 2.24) is 5.16 Å². The molecule has 0 unspecified atom stereocenters. The summed E-state index contributed by atoms with van der Waals surface area (Å²) in [6, 6.07) is 14.1. The maximum atomic E-state index is 12.5. The first-order valence-electron chi connectivity index (χ1n) is 8.45. The Morgan fingerprint density at radius 1 is 0.929 bits per heavy atom. The van der Waals surface area contributed by atoms with Gasteiger partial charge in [-0.1, -0.05) is 22.9 Å². The number of aromatic nitrogens is 1. The van der Waals surface area contributed by atoms with Gasteiger partial charge >= 0.3 is 0 Å². The van der Waals surface area contributed by atoms with Gasteiger partial charge in [0.2, 0.25) is 5.88 Å². The Kier molecular flexibility index (Phi) is 5.66. The number of hydrogen-bond acceptors (Lipinski definition) is 5. The number of nitrogens with zero attached hydrogens (tertiary/aromatic N) is 1. The van der Waals surface area contributed by atoms with Crippen LogP contribution in [0, 0.1) is 20.8 Å². The van der Waals surface area contributed by atoms with Gasteiger partial charge in [-0.05, 0) is 69.4 Å². The molecule has 146 valence electrons. The van der Waals surface area contributed by atoms with Gasteiger partial charge < -0.3 is 15.2 Å². The third-order valence-electron chi connectivity index (χ3n) is 4.12. The van der Waals surface area contributed by atoms with Gasteiger partial charge in [-0.2, -0.15) is 0 Å². The SMILES string of the molecule is Cc1ccc(NC(=S)Nc2ccc(S(=O)(=O)Nc3onc(C)c3C)cc2)cc1. The number of anilines is 3. The summed E-state index contributed by atoms with van der Waals surface area (Å²) in [4.78, 5) is 0.101. The monoisotopic (exact) mass is 416 g/mol. The summed E-state index contributed by atoms with van der Waals surface area (Å²) in [6.07, 6.45) is 0. The molecule has 3 N–H and O–H groups in total. The average Bonchev–Trinajstić information content (AvgIpc) is 2.96. The van der Waals surface area contributed by atoms with E-state index in [-0.39, 0.29) is 10.8 Å². The molecule has 0 atom stereocenters. The van der Waals surface area contributed by atoms with Crippen LogP contribution >= 0.6 is 12.2 Å². The number of rotatable bonds is 5. The molecule has 9 heteroatoms. The van der Waals surface area contributed by atoms with Gasteiger partial charge in [-0.15, -0.1) is 0 Å². The van der Waals surface area contributed by atoms with Gasteiger partial charge in [-0.3, -0.25) is 0 Å². The Hall–Kier alpha value is -2.91. The number of thiocarbonyl (C=S) groups is 1. The zero-order chi connectivity index (χ0) is 20.3. The molecule has 0 aliphatic heterocycles. The van der Waals surface area contributed by atoms with Gasteiger partial charge in [0.05, 0.1) is 10.6 Å². The Labute approximate surface area is 169 Å². The molecule has 1 aromatic heterocycles. The number of benzene rings is 2. The van der Waals surface area contributed by atoms with Crippen molar-refractivity contribution < 1.29 is 12.9 Å². The van der Waals surface area contributed by atoms with Crippen molar-refractivity contribution in [2.24, 2.45) is 0 Å². The minimum absolute atomic E-state index is 0.101. The van der Waals surface area contributed by atoms with Crippen molar-refractivity contribution in [2.45, 2.75) is 25.7 Å². The third kappa shape index (κ3) is 4.68. The molecule has 0 fully saturated rings. The van der Waals surface area contributed by atoms with E-state index in [0.29, 0.717) is 22.1 Å². The molecule has 3 rings (SSSR count). The number of nitrogens with one attached hydrogen (secondary N) is 3. The molecule has 0 aliphatic carbocycles. The van der Waals surface area contributed by atoms with Crippen LogP contribution in [0.4, 0.5) is 17.3 Å². The van der Waals surface area contributed by atoms with E-state index in [9.17, 15) is 8.42 Å². The Bertz CT molecular complexity index is 1090. The zero-order valence-electron chi connectivity index (χ0n) is 15.6. The predicted octanol–water partition coefficient (Wildman–Crippen LogP) is 4.21. The van der Waals surface area contributed by atoms with Crippen molar-refractivity contribution in [3.8, 4) is 0 Å². The van der Waals surface area contributed by atoms with Crippen molar-refractivity contribution in [3.63, 3.8) is 0 Å². The van der Waals surface area contributed by atoms with E-state index in [1.807, 2.05) is 31.2 Å². The number of sulfonamides is 1. The summed E-state index contributed by atoms with van der Waals surface area (Å²) >= 11 is 5.29. The lowest BCUT2D eigenvalue weighted by Gasteiger charge is -2.11. The van der Waals surface area contributed by atoms with E-state index in [0.717, 1.165) is 11.3 Å². The highest BCUT2D eigenvalue weighted by molar-refractivity contribution is 7.92. The molecule has 7 nitrogen and oxygen atoms in total. The van der Waals surface area contributed by atoms with Crippen molar-refractivity contribution in [3.05, 3.63) is 65.4 Å². The normalized spacial score (nSPS) is 11.1. The van der Waals surface area contributed by atoms with Crippen LogP contribution in [0.1, 0.15) is 16.8 Å². The lowest BCUT2D eigenvalue weighted by atomic mass is 10.2. The van der Waals surface area contributed by atoms with E-state index >= 15 is 0 Å². The molecule has 2 aromatic carbocycles. The highest BCUT2D eigenvalue weighted by Crippen LogP contribution is 2.22. The molecular weight excluding hydrogens is 396 g/mol. The smallest absolute Gasteiger partial charge is 0.264 e. The molecule has 0 bridgehead atoms. The number of aryl methyl sites for hydroxylation is 2. The standard InChI is InChI=1S/C19H20N4O3S2/c1-12-4-6-15(7-5-12)20-19(27)21-16-8-10-17(11-9-16)28(24,25)23-18-13(2)14(3)22-26-18/h4-11,23H,1-3H3,(H2,20,21,27). The Morgan fingerprint density at radius 3 is 1.96 bits per heavy atom. The van der Waals surface area contributed by atoms with E-state index in [4.69, 9.17) is 16.7 Å². The van der Waals surface area contributed by atoms with Crippen molar-refractivity contribution >= 4 is 44.6 Å². The van der Waals surface area contributed by atoms with Crippen LogP contribution in [-0.2, 0) is 10.0 Å². The van der Waals surface area contributed by atoms with E-state index < -0.39 is 10.0 Å². The van der Waals surface area contributed by atoms with Crippen molar-refractivity contribution in [2.75, 3.05) is 15.4 Å². The molecule has 0 saturated carbocycles. The summed E-state index contributed by atoms with van der Waals surface area (Å²) in [6.45, 7) is 5.49. The maximum absolute atomic E-state index is 12.5. The summed E-state index contributed by atoms with van der Waals surface area (Å²) in [7, 11) is -3.78. The first-order valence-corrected chi connectivity index (χ1v) is 10.3. The Morgan fingerprint density at radius 2 is 1.46 bits per heavy atom. The maximum Gasteiger partial charge on any atom is 0.264 e. The van der Waals surface area contributed by atoms with Crippen LogP contribution in [0.15, 0.2) is 57.9 Å². The van der Waals surface area contributed by atoms with Crippen LogP contribution in [-0.4, -0.2) is 18.7 Å². The molecule has 0 spiro atoms. The fourth-order valence-corrected chi connectivity index (χ4v) is 3.62. The first kappa shape index (κ1) is 19.8. The molecule has 1 heterocycles. The minimum Gasteiger partial charge on any atom is -0.337 e. The fourth-order valence-electron chi connectivity index (χ4n) is 2.34. The van der Waals surface area contributed by atoms with Gasteiger partial charge in [-0.25, -0.2) is 13.1 Å². The molecule has 0 saturated heterocycles. The van der Waals surface area contributed by atoms with Crippen LogP contribution in [0.25, 0.3) is 0 Å². The minimum atomic E-state index is -3.78. The predicted molar refractivity (Wildman–Crippen MR) is 114 cm³/mol. The lowest BCUT2D eigenvalue weighted by molar-refractivity contribution is 0.430. The second kappa shape index (κ2) is 7.99. The molecule has 0 amide bonds. The van der Waals surface area contributed by atoms with Gasteiger partial charge in [0.25, 0.3) is 10.0 Å². The van der Waals surface area contributed by atoms with E-state index in [2.05, 4.69) is 20.5 Å². The number of hydrogen-bond donors (Lipinski definition) is 3.